The van der Waals surface area contributed by atoms with Crippen LogP contribution in [-0.2, 0) is 6.42 Å². The van der Waals surface area contributed by atoms with Crippen molar-refractivity contribution in [2.24, 2.45) is 0 Å². The van der Waals surface area contributed by atoms with Crippen LogP contribution in [0.1, 0.15) is 53.5 Å². The summed E-state index contributed by atoms with van der Waals surface area (Å²) in [5.41, 5.74) is 7.30. The van der Waals surface area contributed by atoms with Crippen molar-refractivity contribution < 1.29 is 15.1 Å². The normalized spacial score (nSPS) is 12.1. The summed E-state index contributed by atoms with van der Waals surface area (Å²) in [6, 6.07) is 7.73. The van der Waals surface area contributed by atoms with Crippen molar-refractivity contribution in [2.45, 2.75) is 27.2 Å². The molecular weight excluding hydrogens is 388 g/mol. The van der Waals surface area contributed by atoms with Gasteiger partial charge in [-0.1, -0.05) is 68.7 Å². The van der Waals surface area contributed by atoms with E-state index in [1.807, 2.05) is 50.3 Å². The van der Waals surface area contributed by atoms with Gasteiger partial charge in [-0.25, -0.2) is 10.5 Å². The van der Waals surface area contributed by atoms with Crippen molar-refractivity contribution in [3.05, 3.63) is 95.4 Å². The number of nitrogens with zero attached hydrogens (tertiary/aromatic N) is 1. The molecule has 0 spiro atoms. The number of rotatable bonds is 8. The second-order valence-corrected chi connectivity index (χ2v) is 6.82. The van der Waals surface area contributed by atoms with Crippen LogP contribution in [0, 0.1) is 0 Å². The quantitative estimate of drug-likeness (QED) is 0.209. The van der Waals surface area contributed by atoms with Crippen molar-refractivity contribution in [1.29, 1.82) is 0 Å². The minimum Gasteiger partial charge on any atom is -0.513 e. The Morgan fingerprint density at radius 3 is 2.35 bits per heavy atom. The summed E-state index contributed by atoms with van der Waals surface area (Å²) in [5, 5.41) is 18.7. The highest BCUT2D eigenvalue weighted by molar-refractivity contribution is 6.01. The zero-order valence-corrected chi connectivity index (χ0v) is 18.1. The highest BCUT2D eigenvalue weighted by Gasteiger charge is 2.22. The lowest BCUT2D eigenvalue weighted by Gasteiger charge is -2.17. The fourth-order valence-electron chi connectivity index (χ4n) is 3.36. The van der Waals surface area contributed by atoms with Crippen LogP contribution in [0.2, 0.25) is 0 Å². The van der Waals surface area contributed by atoms with E-state index >= 15 is 0 Å². The maximum atomic E-state index is 12.5. The average molecular weight is 417 g/mol. The number of allylic oxidation sites excluding steroid dienone is 6. The number of aromatic nitrogens is 1. The fraction of sp³-hybridized carbons (Fsp3) is 0.154. The van der Waals surface area contributed by atoms with Crippen molar-refractivity contribution in [1.82, 2.24) is 10.5 Å². The zero-order valence-electron chi connectivity index (χ0n) is 18.1. The average Bonchev–Trinajstić information content (AvgIpc) is 2.78. The van der Waals surface area contributed by atoms with Crippen LogP contribution in [-0.4, -0.2) is 21.2 Å². The Kier molecular flexibility index (Phi) is 8.29. The predicted octanol–water partition coefficient (Wildman–Crippen LogP) is 6.14. The van der Waals surface area contributed by atoms with Crippen LogP contribution in [0.4, 0.5) is 0 Å². The van der Waals surface area contributed by atoms with Crippen LogP contribution < -0.4 is 5.48 Å². The Labute approximate surface area is 183 Å². The second kappa shape index (κ2) is 10.9. The van der Waals surface area contributed by atoms with E-state index in [0.717, 1.165) is 22.3 Å². The largest absolute Gasteiger partial charge is 0.513 e. The molecule has 5 heteroatoms. The number of benzene rings is 1. The maximum Gasteiger partial charge on any atom is 0.275 e. The molecule has 1 aromatic carbocycles. The predicted molar refractivity (Wildman–Crippen MR) is 128 cm³/mol. The van der Waals surface area contributed by atoms with Gasteiger partial charge < -0.3 is 5.11 Å². The first-order valence-electron chi connectivity index (χ1n) is 9.98. The van der Waals surface area contributed by atoms with E-state index in [0.29, 0.717) is 28.9 Å². The Morgan fingerprint density at radius 2 is 1.87 bits per heavy atom. The number of aliphatic hydroxyl groups is 1. The first-order chi connectivity index (χ1) is 14.9. The third-order valence-corrected chi connectivity index (χ3v) is 4.79. The van der Waals surface area contributed by atoms with E-state index in [2.05, 4.69) is 13.2 Å². The van der Waals surface area contributed by atoms with Crippen molar-refractivity contribution in [3.8, 4) is 11.3 Å². The number of hydrogen-bond donors (Lipinski definition) is 3. The Hall–Kier alpha value is -3.70. The van der Waals surface area contributed by atoms with E-state index < -0.39 is 5.91 Å². The van der Waals surface area contributed by atoms with E-state index in [9.17, 15) is 15.1 Å². The molecule has 5 nitrogen and oxygen atoms in total. The highest BCUT2D eigenvalue weighted by atomic mass is 16.5. The minimum atomic E-state index is -0.596. The molecule has 0 aliphatic heterocycles. The van der Waals surface area contributed by atoms with Crippen LogP contribution in [0.15, 0.2) is 67.5 Å². The molecule has 0 saturated heterocycles. The van der Waals surface area contributed by atoms with Crippen LogP contribution in [0.5, 0.6) is 0 Å². The van der Waals surface area contributed by atoms with E-state index in [1.54, 1.807) is 36.7 Å². The van der Waals surface area contributed by atoms with Gasteiger partial charge in [-0.05, 0) is 49.1 Å². The molecule has 0 unspecified atom stereocenters. The van der Waals surface area contributed by atoms with Crippen LogP contribution >= 0.6 is 0 Å². The van der Waals surface area contributed by atoms with E-state index in [-0.39, 0.29) is 5.76 Å². The van der Waals surface area contributed by atoms with Gasteiger partial charge in [0.05, 0.1) is 22.7 Å². The third-order valence-electron chi connectivity index (χ3n) is 4.79. The molecule has 0 atom stereocenters. The van der Waals surface area contributed by atoms with Crippen molar-refractivity contribution in [3.63, 3.8) is 0 Å². The SMILES string of the molecule is C=C/C(=C\C=C(/C)O)c1ccc(-c2nc(/C=C\C)c(C=C)c(C(=O)NO)c2CC)cc1. The van der Waals surface area contributed by atoms with Gasteiger partial charge in [-0.2, -0.15) is 0 Å². The topological polar surface area (TPSA) is 82.5 Å². The van der Waals surface area contributed by atoms with E-state index in [4.69, 9.17) is 4.98 Å². The van der Waals surface area contributed by atoms with Gasteiger partial charge in [0.1, 0.15) is 0 Å². The number of amides is 1. The van der Waals surface area contributed by atoms with Gasteiger partial charge in [0, 0.05) is 11.1 Å². The zero-order chi connectivity index (χ0) is 23.0. The van der Waals surface area contributed by atoms with Gasteiger partial charge >= 0.3 is 0 Å². The molecule has 0 radical (unpaired) electrons. The lowest BCUT2D eigenvalue weighted by Crippen LogP contribution is -2.23. The number of carbonyl (C=O) groups excluding carboxylic acids is 1. The summed E-state index contributed by atoms with van der Waals surface area (Å²) in [6.45, 7) is 13.1. The molecule has 1 heterocycles. The number of aliphatic hydroxyl groups excluding tert-OH is 1. The van der Waals surface area contributed by atoms with Crippen molar-refractivity contribution in [2.75, 3.05) is 0 Å². The maximum absolute atomic E-state index is 12.5. The Morgan fingerprint density at radius 1 is 1.19 bits per heavy atom. The fourth-order valence-corrected chi connectivity index (χ4v) is 3.36. The molecule has 3 N–H and O–H groups in total. The summed E-state index contributed by atoms with van der Waals surface area (Å²) in [4.78, 5) is 17.3. The lowest BCUT2D eigenvalue weighted by molar-refractivity contribution is 0.0705. The molecule has 160 valence electrons. The molecular formula is C26H28N2O3. The van der Waals surface area contributed by atoms with Gasteiger partial charge in [-0.15, -0.1) is 0 Å². The molecule has 1 aromatic heterocycles. The minimum absolute atomic E-state index is 0.210. The van der Waals surface area contributed by atoms with Crippen molar-refractivity contribution >= 4 is 23.6 Å². The standard InChI is InChI=1S/C26H28N2O3/c1-6-10-23-21(8-3)24(26(30)28-31)22(9-4)25(27-23)20-15-13-19(14-16-20)18(7-2)12-11-17(5)29/h6-8,10-16,29,31H,2-3,9H2,1,4-5H3,(H,28,30)/b10-6-,17-11+,18-12+. The van der Waals surface area contributed by atoms with Gasteiger partial charge in [0.15, 0.2) is 0 Å². The Balaban J connectivity index is 2.72. The molecule has 0 aliphatic rings. The summed E-state index contributed by atoms with van der Waals surface area (Å²) in [6.07, 6.45) is 10.9. The molecule has 2 aromatic rings. The highest BCUT2D eigenvalue weighted by Crippen LogP contribution is 2.31. The molecule has 0 bridgehead atoms. The first-order valence-corrected chi connectivity index (χ1v) is 9.98. The van der Waals surface area contributed by atoms with Gasteiger partial charge in [0.2, 0.25) is 0 Å². The number of nitrogens with one attached hydrogen (secondary N) is 1. The number of pyridine rings is 1. The summed E-state index contributed by atoms with van der Waals surface area (Å²) < 4.78 is 0. The van der Waals surface area contributed by atoms with E-state index in [1.165, 1.54) is 0 Å². The molecule has 0 saturated carbocycles. The molecule has 0 fully saturated rings. The summed E-state index contributed by atoms with van der Waals surface area (Å²) >= 11 is 0. The smallest absolute Gasteiger partial charge is 0.275 e. The van der Waals surface area contributed by atoms with Gasteiger partial charge in [0.25, 0.3) is 5.91 Å². The number of carbonyl (C=O) groups is 1. The third kappa shape index (κ3) is 5.27. The Bertz CT molecular complexity index is 1070. The molecule has 31 heavy (non-hydrogen) atoms. The number of hydroxylamine groups is 1. The molecule has 2 rings (SSSR count). The van der Waals surface area contributed by atoms with Gasteiger partial charge in [-0.3, -0.25) is 10.0 Å². The van der Waals surface area contributed by atoms with Crippen LogP contribution in [0.25, 0.3) is 29.0 Å². The second-order valence-electron chi connectivity index (χ2n) is 6.82. The molecule has 1 amide bonds. The van der Waals surface area contributed by atoms with Crippen LogP contribution in [0.3, 0.4) is 0 Å². The summed E-state index contributed by atoms with van der Waals surface area (Å²) in [5.74, 6) is -0.387. The first kappa shape index (κ1) is 23.6. The molecule has 0 aliphatic carbocycles. The monoisotopic (exact) mass is 416 g/mol. The lowest BCUT2D eigenvalue weighted by atomic mass is 9.92. The summed E-state index contributed by atoms with van der Waals surface area (Å²) in [7, 11) is 0. The number of hydrogen-bond acceptors (Lipinski definition) is 4.